The van der Waals surface area contributed by atoms with Gasteiger partial charge in [-0.05, 0) is 37.0 Å². The Bertz CT molecular complexity index is 505. The molecule has 1 aromatic rings. The van der Waals surface area contributed by atoms with E-state index >= 15 is 0 Å². The lowest BCUT2D eigenvalue weighted by atomic mass is 10.0. The van der Waals surface area contributed by atoms with Crippen molar-refractivity contribution >= 4 is 17.5 Å². The lowest BCUT2D eigenvalue weighted by molar-refractivity contribution is -0.122. The highest BCUT2D eigenvalue weighted by Gasteiger charge is 2.44. The molecule has 0 radical (unpaired) electrons. The van der Waals surface area contributed by atoms with Crippen LogP contribution in [0.15, 0.2) is 36.4 Å². The van der Waals surface area contributed by atoms with Gasteiger partial charge in [-0.15, -0.1) is 0 Å². The fraction of sp³-hybridized carbons (Fsp3) is 0.400. The average Bonchev–Trinajstić information content (AvgIpc) is 2.94. The normalized spacial score (nSPS) is 23.3. The Morgan fingerprint density at radius 3 is 2.68 bits per heavy atom. The molecule has 3 rings (SSSR count). The average molecular weight is 277 g/mol. The van der Waals surface area contributed by atoms with Crippen molar-refractivity contribution in [2.24, 2.45) is 0 Å². The molecule has 0 unspecified atom stereocenters. The summed E-state index contributed by atoms with van der Waals surface area (Å²) in [5.74, 6) is 0.0835. The van der Waals surface area contributed by atoms with Crippen molar-refractivity contribution in [1.29, 1.82) is 0 Å². The molecule has 1 atom stereocenters. The van der Waals surface area contributed by atoms with E-state index in [1.165, 1.54) is 5.56 Å². The first-order valence-corrected chi connectivity index (χ1v) is 7.01. The van der Waals surface area contributed by atoms with Gasteiger partial charge in [0.1, 0.15) is 6.04 Å². The maximum atomic E-state index is 12.1. The number of rotatable bonds is 4. The first kappa shape index (κ1) is 12.7. The van der Waals surface area contributed by atoms with Crippen LogP contribution >= 0.6 is 11.6 Å². The predicted molar refractivity (Wildman–Crippen MR) is 76.2 cm³/mol. The summed E-state index contributed by atoms with van der Waals surface area (Å²) < 4.78 is 0. The Labute approximate surface area is 118 Å². The van der Waals surface area contributed by atoms with E-state index in [1.807, 2.05) is 36.4 Å². The highest BCUT2D eigenvalue weighted by molar-refractivity contribution is 6.30. The van der Waals surface area contributed by atoms with Gasteiger partial charge in [0.25, 0.3) is 0 Å². The second kappa shape index (κ2) is 4.99. The number of amides is 1. The van der Waals surface area contributed by atoms with E-state index in [9.17, 15) is 4.79 Å². The topological polar surface area (TPSA) is 41.1 Å². The summed E-state index contributed by atoms with van der Waals surface area (Å²) in [6.45, 7) is 0.780. The summed E-state index contributed by atoms with van der Waals surface area (Å²) >= 11 is 5.88. The molecule has 19 heavy (non-hydrogen) atoms. The van der Waals surface area contributed by atoms with Crippen LogP contribution in [0, 0.1) is 0 Å². The Balaban J connectivity index is 1.62. The molecule has 1 aliphatic heterocycles. The number of carbonyl (C=O) groups is 1. The molecule has 100 valence electrons. The zero-order valence-corrected chi connectivity index (χ0v) is 11.4. The summed E-state index contributed by atoms with van der Waals surface area (Å²) in [5.41, 5.74) is 1.18. The van der Waals surface area contributed by atoms with Crippen LogP contribution in [0.2, 0.25) is 5.02 Å². The Hall–Kier alpha value is -1.32. The first-order chi connectivity index (χ1) is 9.17. The zero-order valence-electron chi connectivity index (χ0n) is 10.7. The number of carbonyl (C=O) groups excluding carboxylic acids is 1. The minimum atomic E-state index is -0.164. The van der Waals surface area contributed by atoms with Crippen LogP contribution in [-0.4, -0.2) is 24.0 Å². The van der Waals surface area contributed by atoms with E-state index in [0.717, 1.165) is 30.8 Å². The van der Waals surface area contributed by atoms with Gasteiger partial charge in [-0.1, -0.05) is 35.9 Å². The van der Waals surface area contributed by atoms with Gasteiger partial charge >= 0.3 is 0 Å². The zero-order chi connectivity index (χ0) is 13.3. The van der Waals surface area contributed by atoms with Crippen LogP contribution in [-0.2, 0) is 11.2 Å². The molecule has 0 bridgehead atoms. The maximum absolute atomic E-state index is 12.1. The van der Waals surface area contributed by atoms with Gasteiger partial charge in [0.2, 0.25) is 5.91 Å². The fourth-order valence-corrected chi connectivity index (χ4v) is 2.60. The van der Waals surface area contributed by atoms with Crippen molar-refractivity contribution in [3.8, 4) is 0 Å². The van der Waals surface area contributed by atoms with Crippen molar-refractivity contribution in [2.75, 3.05) is 6.54 Å². The fourth-order valence-electron chi connectivity index (χ4n) is 2.48. The quantitative estimate of drug-likeness (QED) is 0.827. The van der Waals surface area contributed by atoms with Crippen LogP contribution in [0.3, 0.4) is 0 Å². The molecule has 1 aromatic carbocycles. The van der Waals surface area contributed by atoms with Crippen molar-refractivity contribution in [1.82, 2.24) is 10.6 Å². The molecule has 0 aromatic heterocycles. The Morgan fingerprint density at radius 1 is 1.37 bits per heavy atom. The minimum Gasteiger partial charge on any atom is -0.349 e. The molecule has 1 fully saturated rings. The van der Waals surface area contributed by atoms with Gasteiger partial charge in [-0.3, -0.25) is 10.1 Å². The lowest BCUT2D eigenvalue weighted by Gasteiger charge is -2.20. The van der Waals surface area contributed by atoms with Crippen molar-refractivity contribution < 1.29 is 4.79 Å². The second-order valence-corrected chi connectivity index (χ2v) is 5.82. The minimum absolute atomic E-state index is 0.0387. The molecular formula is C15H17ClN2O. The lowest BCUT2D eigenvalue weighted by Crippen LogP contribution is -2.47. The van der Waals surface area contributed by atoms with Crippen molar-refractivity contribution in [3.63, 3.8) is 0 Å². The SMILES string of the molecule is O=C(NC1(Cc2ccc(Cl)cc2)CC1)[C@H]1C=CCN1. The number of benzene rings is 1. The summed E-state index contributed by atoms with van der Waals surface area (Å²) in [6, 6.07) is 7.69. The highest BCUT2D eigenvalue weighted by Crippen LogP contribution is 2.38. The van der Waals surface area contributed by atoms with Gasteiger partial charge in [0.05, 0.1) is 0 Å². The van der Waals surface area contributed by atoms with E-state index in [4.69, 9.17) is 11.6 Å². The summed E-state index contributed by atoms with van der Waals surface area (Å²) in [4.78, 5) is 12.1. The van der Waals surface area contributed by atoms with Crippen LogP contribution in [0.25, 0.3) is 0 Å². The monoisotopic (exact) mass is 276 g/mol. The standard InChI is InChI=1S/C15H17ClN2O/c16-12-5-3-11(4-6-12)10-15(7-8-15)18-14(19)13-2-1-9-17-13/h1-6,13,17H,7-10H2,(H,18,19)/t13-/m1/s1. The van der Waals surface area contributed by atoms with Gasteiger partial charge in [0, 0.05) is 17.1 Å². The third kappa shape index (κ3) is 2.99. The molecule has 2 aliphatic rings. The largest absolute Gasteiger partial charge is 0.349 e. The molecule has 2 N–H and O–H groups in total. The molecule has 1 heterocycles. The van der Waals surface area contributed by atoms with Gasteiger partial charge in [0.15, 0.2) is 0 Å². The number of hydrogen-bond donors (Lipinski definition) is 2. The summed E-state index contributed by atoms with van der Waals surface area (Å²) in [5, 5.41) is 7.07. The van der Waals surface area contributed by atoms with Crippen LogP contribution in [0.5, 0.6) is 0 Å². The van der Waals surface area contributed by atoms with E-state index in [-0.39, 0.29) is 17.5 Å². The van der Waals surface area contributed by atoms with E-state index in [0.29, 0.717) is 0 Å². The highest BCUT2D eigenvalue weighted by atomic mass is 35.5. The first-order valence-electron chi connectivity index (χ1n) is 6.63. The molecule has 1 saturated carbocycles. The smallest absolute Gasteiger partial charge is 0.241 e. The second-order valence-electron chi connectivity index (χ2n) is 5.39. The molecule has 1 aliphatic carbocycles. The molecule has 1 amide bonds. The predicted octanol–water partition coefficient (Wildman–Crippen LogP) is 2.06. The molecular weight excluding hydrogens is 260 g/mol. The molecule has 4 heteroatoms. The Kier molecular flexibility index (Phi) is 3.33. The third-order valence-electron chi connectivity index (χ3n) is 3.76. The van der Waals surface area contributed by atoms with E-state index in [2.05, 4.69) is 10.6 Å². The number of hydrogen-bond acceptors (Lipinski definition) is 2. The number of halogens is 1. The van der Waals surface area contributed by atoms with Gasteiger partial charge in [-0.2, -0.15) is 0 Å². The van der Waals surface area contributed by atoms with E-state index in [1.54, 1.807) is 0 Å². The third-order valence-corrected chi connectivity index (χ3v) is 4.02. The Morgan fingerprint density at radius 2 is 2.11 bits per heavy atom. The number of nitrogens with one attached hydrogen (secondary N) is 2. The molecule has 3 nitrogen and oxygen atoms in total. The van der Waals surface area contributed by atoms with Crippen LogP contribution in [0.4, 0.5) is 0 Å². The van der Waals surface area contributed by atoms with Crippen LogP contribution in [0.1, 0.15) is 18.4 Å². The molecule has 0 spiro atoms. The maximum Gasteiger partial charge on any atom is 0.241 e. The van der Waals surface area contributed by atoms with Gasteiger partial charge < -0.3 is 5.32 Å². The van der Waals surface area contributed by atoms with E-state index < -0.39 is 0 Å². The van der Waals surface area contributed by atoms with Gasteiger partial charge in [-0.25, -0.2) is 0 Å². The molecule has 0 saturated heterocycles. The van der Waals surface area contributed by atoms with Crippen molar-refractivity contribution in [2.45, 2.75) is 30.8 Å². The summed E-state index contributed by atoms with van der Waals surface area (Å²) in [6.07, 6.45) is 6.90. The summed E-state index contributed by atoms with van der Waals surface area (Å²) in [7, 11) is 0. The van der Waals surface area contributed by atoms with Crippen molar-refractivity contribution in [3.05, 3.63) is 47.0 Å². The van der Waals surface area contributed by atoms with Crippen LogP contribution < -0.4 is 10.6 Å².